The first-order valence-corrected chi connectivity index (χ1v) is 7.79. The van der Waals surface area contributed by atoms with Crippen molar-refractivity contribution in [3.05, 3.63) is 36.8 Å². The van der Waals surface area contributed by atoms with Gasteiger partial charge in [0.25, 0.3) is 0 Å². The normalized spacial score (nSPS) is 12.3. The molecule has 1 aromatic rings. The van der Waals surface area contributed by atoms with Crippen molar-refractivity contribution in [3.63, 3.8) is 0 Å². The van der Waals surface area contributed by atoms with Crippen LogP contribution in [0.3, 0.4) is 0 Å². The smallest absolute Gasteiger partial charge is 0.482 e. The number of carboxylic acids is 1. The van der Waals surface area contributed by atoms with Crippen LogP contribution in [0.2, 0.25) is 0 Å². The summed E-state index contributed by atoms with van der Waals surface area (Å²) in [6.45, 7) is 4.47. The van der Waals surface area contributed by atoms with Crippen molar-refractivity contribution in [2.75, 3.05) is 13.2 Å². The summed E-state index contributed by atoms with van der Waals surface area (Å²) in [4.78, 5) is 34.3. The van der Waals surface area contributed by atoms with Crippen LogP contribution >= 0.6 is 0 Å². The first-order chi connectivity index (χ1) is 11.8. The predicted octanol–water partition coefficient (Wildman–Crippen LogP) is -3.10. The first-order valence-electron chi connectivity index (χ1n) is 7.79. The molecule has 2 atom stereocenters. The van der Waals surface area contributed by atoms with Crippen LogP contribution in [0.4, 0.5) is 0 Å². The van der Waals surface area contributed by atoms with E-state index >= 15 is 0 Å². The third-order valence-electron chi connectivity index (χ3n) is 3.27. The van der Waals surface area contributed by atoms with Crippen molar-refractivity contribution in [1.29, 1.82) is 0 Å². The molecule has 0 spiro atoms. The topological polar surface area (TPSA) is 125 Å². The van der Waals surface area contributed by atoms with Crippen LogP contribution in [0.5, 0.6) is 5.75 Å². The van der Waals surface area contributed by atoms with E-state index in [2.05, 4.69) is 17.6 Å². The number of ether oxygens (including phenoxy) is 1. The van der Waals surface area contributed by atoms with Crippen LogP contribution in [0, 0.1) is 6.92 Å². The molecule has 0 fully saturated rings. The van der Waals surface area contributed by atoms with Gasteiger partial charge in [-0.25, -0.2) is 4.79 Å². The van der Waals surface area contributed by atoms with Gasteiger partial charge < -0.3 is 32.5 Å². The average Bonchev–Trinajstić information content (AvgIpc) is 2.59. The minimum atomic E-state index is -1.07. The Hall–Kier alpha value is -1.61. The third-order valence-corrected chi connectivity index (χ3v) is 3.27. The van der Waals surface area contributed by atoms with E-state index in [0.29, 0.717) is 5.75 Å². The maximum absolute atomic E-state index is 12.3. The number of hydrogen-bond acceptors (Lipinski definition) is 5. The minimum absolute atomic E-state index is 0. The van der Waals surface area contributed by atoms with Gasteiger partial charge in [-0.2, -0.15) is 0 Å². The summed E-state index contributed by atoms with van der Waals surface area (Å²) >= 11 is 0. The number of carbonyl (C=O) groups excluding carboxylic acids is 2. The number of benzene rings is 1. The molecule has 1 unspecified atom stereocenters. The van der Waals surface area contributed by atoms with Crippen molar-refractivity contribution < 1.29 is 58.9 Å². The summed E-state index contributed by atoms with van der Waals surface area (Å²) in [5, 5.41) is 22.8. The number of amides is 2. The number of hydrogen-bond donors (Lipinski definition) is 4. The molecule has 0 aliphatic rings. The maximum Gasteiger partial charge on any atom is 1.00 e. The zero-order chi connectivity index (χ0) is 18.8. The quantitative estimate of drug-likeness (QED) is 0.254. The number of aliphatic carboxylic acids is 1. The Balaban J connectivity index is 0.00000625. The molecule has 0 heterocycles. The molecule has 4 N–H and O–H groups in total. The largest absolute Gasteiger partial charge is 1.00 e. The van der Waals surface area contributed by atoms with Crippen LogP contribution in [0.1, 0.15) is 18.9 Å². The Labute approximate surface area is 174 Å². The molecular formula is C17H23N2NaO6. The Morgan fingerprint density at radius 1 is 1.19 bits per heavy atom. The van der Waals surface area contributed by atoms with Crippen molar-refractivity contribution in [1.82, 2.24) is 10.6 Å². The van der Waals surface area contributed by atoms with Crippen LogP contribution in [-0.4, -0.2) is 53.3 Å². The van der Waals surface area contributed by atoms with Crippen molar-refractivity contribution >= 4 is 17.8 Å². The second-order valence-electron chi connectivity index (χ2n) is 5.49. The average molecular weight is 374 g/mol. The van der Waals surface area contributed by atoms with Gasteiger partial charge >= 0.3 is 35.5 Å². The van der Waals surface area contributed by atoms with Gasteiger partial charge in [-0.1, -0.05) is 12.1 Å². The Bertz CT molecular complexity index is 593. The summed E-state index contributed by atoms with van der Waals surface area (Å²) in [5.74, 6) is -1.45. The van der Waals surface area contributed by atoms with Gasteiger partial charge in [-0.15, -0.1) is 6.42 Å². The molecule has 0 saturated carbocycles. The molecule has 0 aliphatic heterocycles. The van der Waals surface area contributed by atoms with Crippen LogP contribution in [0.15, 0.2) is 24.3 Å². The number of carbonyl (C=O) groups is 3. The summed E-state index contributed by atoms with van der Waals surface area (Å²) in [6.07, 6.45) is 0.232. The Kier molecular flexibility index (Phi) is 11.9. The molecule has 0 radical (unpaired) electrons. The van der Waals surface area contributed by atoms with E-state index in [1.54, 1.807) is 31.2 Å². The van der Waals surface area contributed by atoms with Gasteiger partial charge in [-0.3, -0.25) is 9.59 Å². The standard InChI is InChI=1S/C17H23N2O6.Na/c1-3-15(21)19-14(17(24)18-11(2)9-20)8-12-4-6-13(7-5-12)25-10-16(22)23;/h4-7,11,14,20H,1,3,8-10H2,2H3,(H,18,24)(H,19,21)(H,22,23);/q-1;+1/t11?,14-;/m0./s1. The second kappa shape index (κ2) is 12.7. The molecule has 1 aromatic carbocycles. The fourth-order valence-electron chi connectivity index (χ4n) is 1.97. The number of carboxylic acid groups (broad SMARTS) is 1. The number of aliphatic hydroxyl groups excluding tert-OH is 1. The molecule has 0 saturated heterocycles. The SMILES string of the molecule is [CH2-]CC(=O)N[C@@H](Cc1ccc(OCC(=O)O)cc1)C(=O)NC(C)CO.[Na+]. The van der Waals surface area contributed by atoms with Crippen molar-refractivity contribution in [2.45, 2.75) is 31.8 Å². The summed E-state index contributed by atoms with van der Waals surface area (Å²) in [7, 11) is 0. The van der Waals surface area contributed by atoms with Gasteiger partial charge in [0, 0.05) is 12.5 Å². The monoisotopic (exact) mass is 374 g/mol. The molecule has 26 heavy (non-hydrogen) atoms. The fraction of sp³-hybridized carbons (Fsp3) is 0.412. The molecule has 2 amide bonds. The van der Waals surface area contributed by atoms with E-state index < -0.39 is 30.6 Å². The molecule has 138 valence electrons. The number of aliphatic hydroxyl groups is 1. The third kappa shape index (κ3) is 9.19. The minimum Gasteiger partial charge on any atom is -0.482 e. The summed E-state index contributed by atoms with van der Waals surface area (Å²) in [6, 6.07) is 5.30. The van der Waals surface area contributed by atoms with E-state index in [-0.39, 0.29) is 54.9 Å². The van der Waals surface area contributed by atoms with E-state index in [1.165, 1.54) is 0 Å². The van der Waals surface area contributed by atoms with Gasteiger partial charge in [0.1, 0.15) is 11.8 Å². The molecule has 0 bridgehead atoms. The Morgan fingerprint density at radius 3 is 2.31 bits per heavy atom. The van der Waals surface area contributed by atoms with Gasteiger partial charge in [0.05, 0.1) is 6.61 Å². The first kappa shape index (κ1) is 24.4. The number of rotatable bonds is 10. The number of nitrogens with one attached hydrogen (secondary N) is 2. The zero-order valence-electron chi connectivity index (χ0n) is 15.0. The molecular weight excluding hydrogens is 351 g/mol. The summed E-state index contributed by atoms with van der Waals surface area (Å²) < 4.78 is 5.04. The van der Waals surface area contributed by atoms with Crippen molar-refractivity contribution in [3.8, 4) is 5.75 Å². The van der Waals surface area contributed by atoms with Crippen molar-refractivity contribution in [2.24, 2.45) is 0 Å². The van der Waals surface area contributed by atoms with Gasteiger partial charge in [0.15, 0.2) is 12.5 Å². The van der Waals surface area contributed by atoms with Gasteiger partial charge in [0.2, 0.25) is 5.91 Å². The molecule has 0 aromatic heterocycles. The summed E-state index contributed by atoms with van der Waals surface area (Å²) in [5.41, 5.74) is 0.754. The molecule has 0 aliphatic carbocycles. The zero-order valence-corrected chi connectivity index (χ0v) is 17.0. The van der Waals surface area contributed by atoms with E-state index in [4.69, 9.17) is 14.9 Å². The molecule has 9 heteroatoms. The maximum atomic E-state index is 12.3. The van der Waals surface area contributed by atoms with E-state index in [1.807, 2.05) is 0 Å². The fourth-order valence-corrected chi connectivity index (χ4v) is 1.97. The predicted molar refractivity (Wildman–Crippen MR) is 89.9 cm³/mol. The van der Waals surface area contributed by atoms with Crippen LogP contribution in [-0.2, 0) is 20.8 Å². The molecule has 1 rings (SSSR count). The van der Waals surface area contributed by atoms with Crippen LogP contribution < -0.4 is 44.9 Å². The molecule has 8 nitrogen and oxygen atoms in total. The van der Waals surface area contributed by atoms with E-state index in [0.717, 1.165) is 5.56 Å². The second-order valence-corrected chi connectivity index (χ2v) is 5.49. The van der Waals surface area contributed by atoms with Crippen LogP contribution in [0.25, 0.3) is 0 Å². The van der Waals surface area contributed by atoms with Gasteiger partial charge in [-0.05, 0) is 24.6 Å². The Morgan fingerprint density at radius 2 is 1.81 bits per heavy atom. The van der Waals surface area contributed by atoms with E-state index in [9.17, 15) is 14.4 Å².